The average Bonchev–Trinajstić information content (AvgIpc) is 2.97. The lowest BCUT2D eigenvalue weighted by molar-refractivity contribution is 0.122. The number of nitrogens with zero attached hydrogens (tertiary/aromatic N) is 3. The van der Waals surface area contributed by atoms with E-state index < -0.39 is 5.60 Å². The highest BCUT2D eigenvalue weighted by Gasteiger charge is 2.40. The Morgan fingerprint density at radius 3 is 2.03 bits per heavy atom. The predicted octanol–water partition coefficient (Wildman–Crippen LogP) is 7.30. The second-order valence-corrected chi connectivity index (χ2v) is 9.14. The molecule has 0 bridgehead atoms. The van der Waals surface area contributed by atoms with Crippen LogP contribution in [0.15, 0.2) is 128 Å². The van der Waals surface area contributed by atoms with Crippen LogP contribution in [0.4, 0.5) is 0 Å². The van der Waals surface area contributed by atoms with Gasteiger partial charge in [-0.1, -0.05) is 115 Å². The molecule has 4 nitrogen and oxygen atoms in total. The van der Waals surface area contributed by atoms with Gasteiger partial charge in [0.2, 0.25) is 0 Å². The fourth-order valence-electron chi connectivity index (χ4n) is 4.76. The monoisotopic (exact) mass is 499 g/mol. The second-order valence-electron chi connectivity index (χ2n) is 8.73. The molecule has 0 aliphatic rings. The van der Waals surface area contributed by atoms with Crippen molar-refractivity contribution in [2.75, 3.05) is 0 Å². The fourth-order valence-corrected chi connectivity index (χ4v) is 4.99. The Hall–Kier alpha value is -4.38. The summed E-state index contributed by atoms with van der Waals surface area (Å²) in [5.41, 5.74) is 4.22. The molecule has 6 aromatic rings. The number of halogens is 1. The molecule has 5 heteroatoms. The third-order valence-corrected chi connectivity index (χ3v) is 6.83. The van der Waals surface area contributed by atoms with E-state index in [1.54, 1.807) is 6.20 Å². The molecule has 2 aromatic heterocycles. The SMILES string of the molecule is OC(c1ccccc1)(c1ccccc1-c1ccccc1Cl)c1nc2ncccc2nc1-c1ccccc1. The Balaban J connectivity index is 1.74. The molecule has 6 rings (SSSR count). The summed E-state index contributed by atoms with van der Waals surface area (Å²) in [4.78, 5) is 14.4. The highest BCUT2D eigenvalue weighted by atomic mass is 35.5. The van der Waals surface area contributed by atoms with Crippen molar-refractivity contribution in [3.05, 3.63) is 149 Å². The van der Waals surface area contributed by atoms with E-state index in [1.165, 1.54) is 0 Å². The summed E-state index contributed by atoms with van der Waals surface area (Å²) in [5, 5.41) is 13.6. The van der Waals surface area contributed by atoms with Crippen molar-refractivity contribution < 1.29 is 5.11 Å². The van der Waals surface area contributed by atoms with Crippen LogP contribution in [0.5, 0.6) is 0 Å². The summed E-state index contributed by atoms with van der Waals surface area (Å²) < 4.78 is 0. The van der Waals surface area contributed by atoms with Gasteiger partial charge < -0.3 is 5.11 Å². The van der Waals surface area contributed by atoms with Crippen molar-refractivity contribution in [1.29, 1.82) is 0 Å². The van der Waals surface area contributed by atoms with Crippen LogP contribution in [-0.4, -0.2) is 20.1 Å². The Morgan fingerprint density at radius 2 is 1.27 bits per heavy atom. The van der Waals surface area contributed by atoms with Gasteiger partial charge in [-0.15, -0.1) is 0 Å². The van der Waals surface area contributed by atoms with Crippen LogP contribution in [0.1, 0.15) is 16.8 Å². The summed E-state index contributed by atoms with van der Waals surface area (Å²) in [6.45, 7) is 0. The second kappa shape index (κ2) is 9.58. The highest BCUT2D eigenvalue weighted by molar-refractivity contribution is 6.33. The number of hydrogen-bond acceptors (Lipinski definition) is 4. The molecule has 1 atom stereocenters. The third kappa shape index (κ3) is 4.06. The summed E-state index contributed by atoms with van der Waals surface area (Å²) in [7, 11) is 0. The van der Waals surface area contributed by atoms with Crippen molar-refractivity contribution in [2.45, 2.75) is 5.60 Å². The van der Waals surface area contributed by atoms with Gasteiger partial charge in [0.1, 0.15) is 11.2 Å². The van der Waals surface area contributed by atoms with Gasteiger partial charge in [0.25, 0.3) is 0 Å². The zero-order chi connectivity index (χ0) is 25.2. The molecular weight excluding hydrogens is 478 g/mol. The van der Waals surface area contributed by atoms with E-state index in [1.807, 2.05) is 121 Å². The first-order chi connectivity index (χ1) is 18.2. The smallest absolute Gasteiger partial charge is 0.178 e. The molecule has 1 unspecified atom stereocenters. The van der Waals surface area contributed by atoms with E-state index in [9.17, 15) is 5.11 Å². The zero-order valence-electron chi connectivity index (χ0n) is 19.8. The lowest BCUT2D eigenvalue weighted by Gasteiger charge is -2.32. The minimum Gasteiger partial charge on any atom is -0.374 e. The number of aromatic nitrogens is 3. The summed E-state index contributed by atoms with van der Waals surface area (Å²) in [5.74, 6) is 0. The molecule has 4 aromatic carbocycles. The van der Waals surface area contributed by atoms with Crippen LogP contribution in [0.25, 0.3) is 33.5 Å². The van der Waals surface area contributed by atoms with E-state index in [-0.39, 0.29) is 0 Å². The molecule has 0 fully saturated rings. The molecule has 0 radical (unpaired) electrons. The lowest BCUT2D eigenvalue weighted by atomic mass is 9.78. The first-order valence-corrected chi connectivity index (χ1v) is 12.3. The first kappa shape index (κ1) is 23.0. The van der Waals surface area contributed by atoms with Gasteiger partial charge in [-0.2, -0.15) is 0 Å². The van der Waals surface area contributed by atoms with Crippen LogP contribution in [0.3, 0.4) is 0 Å². The molecule has 37 heavy (non-hydrogen) atoms. The maximum absolute atomic E-state index is 13.0. The topological polar surface area (TPSA) is 58.9 Å². The largest absolute Gasteiger partial charge is 0.374 e. The van der Waals surface area contributed by atoms with Gasteiger partial charge >= 0.3 is 0 Å². The van der Waals surface area contributed by atoms with E-state index >= 15 is 0 Å². The Labute approximate surface area is 219 Å². The maximum atomic E-state index is 13.0. The van der Waals surface area contributed by atoms with Crippen LogP contribution >= 0.6 is 11.6 Å². The van der Waals surface area contributed by atoms with E-state index in [0.29, 0.717) is 38.7 Å². The van der Waals surface area contributed by atoms with Crippen LogP contribution in [-0.2, 0) is 5.60 Å². The molecule has 0 aliphatic carbocycles. The zero-order valence-corrected chi connectivity index (χ0v) is 20.5. The van der Waals surface area contributed by atoms with Crippen molar-refractivity contribution >= 4 is 22.8 Å². The third-order valence-electron chi connectivity index (χ3n) is 6.50. The molecule has 0 saturated heterocycles. The number of benzene rings is 4. The van der Waals surface area contributed by atoms with E-state index in [2.05, 4.69) is 4.98 Å². The molecule has 1 N–H and O–H groups in total. The first-order valence-electron chi connectivity index (χ1n) is 12.0. The normalized spacial score (nSPS) is 12.8. The Bertz CT molecular complexity index is 1710. The molecule has 2 heterocycles. The van der Waals surface area contributed by atoms with Gasteiger partial charge in [0.05, 0.1) is 5.69 Å². The molecule has 0 aliphatic heterocycles. The summed E-state index contributed by atoms with van der Waals surface area (Å²) in [6, 6.07) is 38.5. The highest BCUT2D eigenvalue weighted by Crippen LogP contribution is 2.45. The van der Waals surface area contributed by atoms with Crippen molar-refractivity contribution in [3.8, 4) is 22.4 Å². The summed E-state index contributed by atoms with van der Waals surface area (Å²) in [6.07, 6.45) is 1.68. The van der Waals surface area contributed by atoms with Gasteiger partial charge in [-0.05, 0) is 29.3 Å². The van der Waals surface area contributed by atoms with Crippen LogP contribution in [0, 0.1) is 0 Å². The van der Waals surface area contributed by atoms with Crippen LogP contribution in [0.2, 0.25) is 5.02 Å². The number of fused-ring (bicyclic) bond motifs is 1. The quantitative estimate of drug-likeness (QED) is 0.270. The Morgan fingerprint density at radius 1 is 0.622 bits per heavy atom. The van der Waals surface area contributed by atoms with Crippen molar-refractivity contribution in [1.82, 2.24) is 15.0 Å². The average molecular weight is 500 g/mol. The fraction of sp³-hybridized carbons (Fsp3) is 0.0312. The van der Waals surface area contributed by atoms with Gasteiger partial charge in [-0.3, -0.25) is 0 Å². The Kier molecular flexibility index (Phi) is 5.97. The number of hydrogen-bond donors (Lipinski definition) is 1. The molecule has 0 saturated carbocycles. The van der Waals surface area contributed by atoms with Crippen molar-refractivity contribution in [2.24, 2.45) is 0 Å². The van der Waals surface area contributed by atoms with E-state index in [0.717, 1.165) is 16.7 Å². The number of pyridine rings is 1. The molecule has 178 valence electrons. The minimum absolute atomic E-state index is 0.399. The predicted molar refractivity (Wildman–Crippen MR) is 148 cm³/mol. The van der Waals surface area contributed by atoms with Gasteiger partial charge in [-0.25, -0.2) is 15.0 Å². The lowest BCUT2D eigenvalue weighted by Crippen LogP contribution is -2.32. The van der Waals surface area contributed by atoms with Gasteiger partial charge in [0, 0.05) is 27.9 Å². The minimum atomic E-state index is -1.67. The molecule has 0 spiro atoms. The standard InChI is InChI=1S/C32H22ClN3O/c33-27-19-10-8-17-25(27)24-16-7-9-18-26(24)32(37,23-14-5-2-6-15-23)30-29(22-12-3-1-4-13-22)35-28-20-11-21-34-31(28)36-30/h1-21,37H. The van der Waals surface area contributed by atoms with Crippen molar-refractivity contribution in [3.63, 3.8) is 0 Å². The van der Waals surface area contributed by atoms with Gasteiger partial charge in [0.15, 0.2) is 11.2 Å². The summed E-state index contributed by atoms with van der Waals surface area (Å²) >= 11 is 6.66. The van der Waals surface area contributed by atoms with Crippen LogP contribution < -0.4 is 0 Å². The number of rotatable bonds is 5. The number of aliphatic hydroxyl groups is 1. The maximum Gasteiger partial charge on any atom is 0.178 e. The van der Waals surface area contributed by atoms with E-state index in [4.69, 9.17) is 21.6 Å². The molecular formula is C32H22ClN3O. The molecule has 0 amide bonds.